The van der Waals surface area contributed by atoms with Gasteiger partial charge in [-0.3, -0.25) is 14.4 Å². The number of nitrogens with zero attached hydrogens (tertiary/aromatic N) is 2. The van der Waals surface area contributed by atoms with Gasteiger partial charge in [0, 0.05) is 8.45 Å². The fourth-order valence-corrected chi connectivity index (χ4v) is 8.35. The summed E-state index contributed by atoms with van der Waals surface area (Å²) in [6.07, 6.45) is 6.71. The number of hydrogen-bond donors (Lipinski definition) is 0. The van der Waals surface area contributed by atoms with E-state index >= 15 is 0 Å². The van der Waals surface area contributed by atoms with Crippen LogP contribution in [0.4, 0.5) is 5.69 Å². The van der Waals surface area contributed by atoms with Crippen molar-refractivity contribution >= 4 is 57.3 Å². The number of imide groups is 1. The van der Waals surface area contributed by atoms with Crippen LogP contribution >= 0.6 is 33.9 Å². The van der Waals surface area contributed by atoms with Crippen LogP contribution in [0, 0.1) is 26.7 Å². The highest BCUT2D eigenvalue weighted by atomic mass is 127. The van der Waals surface area contributed by atoms with Gasteiger partial charge in [0.15, 0.2) is 0 Å². The number of rotatable bonds is 5. The van der Waals surface area contributed by atoms with Crippen molar-refractivity contribution in [3.05, 3.63) is 50.2 Å². The summed E-state index contributed by atoms with van der Waals surface area (Å²) in [5.41, 5.74) is 0.247. The maximum atomic E-state index is 14.3. The quantitative estimate of drug-likeness (QED) is 0.363. The summed E-state index contributed by atoms with van der Waals surface area (Å²) in [6.45, 7) is 0.405. The van der Waals surface area contributed by atoms with Crippen molar-refractivity contribution in [2.75, 3.05) is 4.90 Å². The van der Waals surface area contributed by atoms with Gasteiger partial charge in [0.05, 0.1) is 24.1 Å². The Balaban J connectivity index is 1.33. The van der Waals surface area contributed by atoms with Crippen LogP contribution in [0.2, 0.25) is 0 Å². The standard InChI is InChI=1S/C26H27IN2O3S/c27-19-3-5-20(6-4-19)29-23(30)11-22(24(29)31)28(15-21-2-1-7-33-21)25(32)26-12-16-8-17(13-26)10-18(9-16)14-26/h1-7,16-18,22H,8-15H2. The van der Waals surface area contributed by atoms with E-state index in [1.54, 1.807) is 16.2 Å². The van der Waals surface area contributed by atoms with Gasteiger partial charge in [0.25, 0.3) is 5.91 Å². The first kappa shape index (κ1) is 21.8. The molecule has 4 saturated carbocycles. The Kier molecular flexibility index (Phi) is 5.40. The molecule has 7 rings (SSSR count). The molecule has 4 bridgehead atoms. The molecule has 7 heteroatoms. The van der Waals surface area contributed by atoms with Crippen LogP contribution in [0.3, 0.4) is 0 Å². The molecule has 2 aromatic rings. The van der Waals surface area contributed by atoms with Gasteiger partial charge in [0.2, 0.25) is 11.8 Å². The number of thiophene rings is 1. The van der Waals surface area contributed by atoms with Crippen LogP contribution in [0.5, 0.6) is 0 Å². The second kappa shape index (κ2) is 8.18. The molecule has 1 saturated heterocycles. The lowest BCUT2D eigenvalue weighted by molar-refractivity contribution is -0.162. The Morgan fingerprint density at radius 3 is 2.24 bits per heavy atom. The zero-order valence-electron chi connectivity index (χ0n) is 18.4. The Morgan fingerprint density at radius 2 is 1.67 bits per heavy atom. The molecular formula is C26H27IN2O3S. The van der Waals surface area contributed by atoms with E-state index in [0.29, 0.717) is 30.0 Å². The molecule has 3 amide bonds. The highest BCUT2D eigenvalue weighted by molar-refractivity contribution is 14.1. The van der Waals surface area contributed by atoms with E-state index in [0.717, 1.165) is 27.7 Å². The summed E-state index contributed by atoms with van der Waals surface area (Å²) in [6, 6.07) is 10.7. The number of carbonyl (C=O) groups excluding carboxylic acids is 3. The molecule has 5 nitrogen and oxygen atoms in total. The van der Waals surface area contributed by atoms with E-state index in [-0.39, 0.29) is 29.6 Å². The molecule has 0 spiro atoms. The lowest BCUT2D eigenvalue weighted by Gasteiger charge is -2.56. The van der Waals surface area contributed by atoms with Crippen molar-refractivity contribution < 1.29 is 14.4 Å². The third kappa shape index (κ3) is 3.75. The third-order valence-electron chi connectivity index (χ3n) is 8.24. The number of hydrogen-bond acceptors (Lipinski definition) is 4. The van der Waals surface area contributed by atoms with Crippen LogP contribution in [0.1, 0.15) is 49.8 Å². The Bertz CT molecular complexity index is 1060. The van der Waals surface area contributed by atoms with Gasteiger partial charge in [-0.1, -0.05) is 6.07 Å². The summed E-state index contributed by atoms with van der Waals surface area (Å²) in [5.74, 6) is 1.57. The lowest BCUT2D eigenvalue weighted by atomic mass is 9.49. The molecule has 2 heterocycles. The summed E-state index contributed by atoms with van der Waals surface area (Å²) >= 11 is 3.81. The van der Waals surface area contributed by atoms with Crippen LogP contribution in [-0.4, -0.2) is 28.7 Å². The topological polar surface area (TPSA) is 57.7 Å². The van der Waals surface area contributed by atoms with Gasteiger partial charge in [-0.25, -0.2) is 4.90 Å². The Hall–Kier alpha value is -1.74. The molecule has 1 aromatic heterocycles. The zero-order valence-corrected chi connectivity index (χ0v) is 21.4. The largest absolute Gasteiger partial charge is 0.324 e. The molecule has 5 fully saturated rings. The molecule has 33 heavy (non-hydrogen) atoms. The molecule has 0 N–H and O–H groups in total. The maximum Gasteiger partial charge on any atom is 0.257 e. The lowest BCUT2D eigenvalue weighted by Crippen LogP contribution is -2.57. The second-order valence-corrected chi connectivity index (χ2v) is 12.8. The van der Waals surface area contributed by atoms with Gasteiger partial charge in [-0.2, -0.15) is 0 Å². The summed E-state index contributed by atoms with van der Waals surface area (Å²) in [4.78, 5) is 45.1. The number of anilines is 1. The first-order chi connectivity index (χ1) is 15.9. The number of halogens is 1. The minimum Gasteiger partial charge on any atom is -0.324 e. The minimum absolute atomic E-state index is 0.0638. The normalized spacial score (nSPS) is 32.6. The Morgan fingerprint density at radius 1 is 1.03 bits per heavy atom. The van der Waals surface area contributed by atoms with Crippen molar-refractivity contribution in [1.82, 2.24) is 4.90 Å². The van der Waals surface area contributed by atoms with Crippen molar-refractivity contribution in [3.63, 3.8) is 0 Å². The highest BCUT2D eigenvalue weighted by Gasteiger charge is 2.57. The van der Waals surface area contributed by atoms with Crippen LogP contribution in [0.25, 0.3) is 0 Å². The average Bonchev–Trinajstić information content (AvgIpc) is 3.39. The first-order valence-corrected chi connectivity index (χ1v) is 13.8. The van der Waals surface area contributed by atoms with Gasteiger partial charge in [-0.05, 0) is 115 Å². The molecule has 1 atom stereocenters. The van der Waals surface area contributed by atoms with E-state index < -0.39 is 6.04 Å². The molecule has 5 aliphatic rings. The van der Waals surface area contributed by atoms with Crippen molar-refractivity contribution in [1.29, 1.82) is 0 Å². The van der Waals surface area contributed by atoms with Crippen molar-refractivity contribution in [3.8, 4) is 0 Å². The number of amides is 3. The van der Waals surface area contributed by atoms with Crippen LogP contribution in [-0.2, 0) is 20.9 Å². The molecule has 1 aliphatic heterocycles. The molecule has 172 valence electrons. The van der Waals surface area contributed by atoms with Crippen molar-refractivity contribution in [2.45, 2.75) is 57.5 Å². The fourth-order valence-electron chi connectivity index (χ4n) is 7.29. The minimum atomic E-state index is -0.723. The molecule has 1 aromatic carbocycles. The number of carbonyl (C=O) groups is 3. The molecular weight excluding hydrogens is 547 g/mol. The SMILES string of the molecule is O=C1CC(N(Cc2cccs2)C(=O)C23CC4CC(CC(C4)C2)C3)C(=O)N1c1ccc(I)cc1. The van der Waals surface area contributed by atoms with Gasteiger partial charge in [0.1, 0.15) is 6.04 Å². The van der Waals surface area contributed by atoms with E-state index in [9.17, 15) is 14.4 Å². The second-order valence-electron chi connectivity index (χ2n) is 10.5. The maximum absolute atomic E-state index is 14.3. The molecule has 4 aliphatic carbocycles. The van der Waals surface area contributed by atoms with E-state index in [1.807, 2.05) is 41.8 Å². The predicted octanol–water partition coefficient (Wildman–Crippen LogP) is 5.23. The van der Waals surface area contributed by atoms with E-state index in [2.05, 4.69) is 22.6 Å². The van der Waals surface area contributed by atoms with Gasteiger partial charge < -0.3 is 4.90 Å². The predicted molar refractivity (Wildman–Crippen MR) is 136 cm³/mol. The van der Waals surface area contributed by atoms with Gasteiger partial charge >= 0.3 is 0 Å². The summed E-state index contributed by atoms with van der Waals surface area (Å²) in [7, 11) is 0. The highest BCUT2D eigenvalue weighted by Crippen LogP contribution is 2.60. The van der Waals surface area contributed by atoms with Gasteiger partial charge in [-0.15, -0.1) is 11.3 Å². The Labute approximate surface area is 211 Å². The summed E-state index contributed by atoms with van der Waals surface area (Å²) in [5, 5.41) is 2.00. The zero-order chi connectivity index (χ0) is 22.7. The van der Waals surface area contributed by atoms with E-state index in [1.165, 1.54) is 24.2 Å². The van der Waals surface area contributed by atoms with E-state index in [4.69, 9.17) is 0 Å². The van der Waals surface area contributed by atoms with Crippen molar-refractivity contribution in [2.24, 2.45) is 23.2 Å². The molecule has 1 unspecified atom stereocenters. The first-order valence-electron chi connectivity index (χ1n) is 11.9. The van der Waals surface area contributed by atoms with Crippen LogP contribution in [0.15, 0.2) is 41.8 Å². The number of benzene rings is 1. The third-order valence-corrected chi connectivity index (χ3v) is 9.82. The smallest absolute Gasteiger partial charge is 0.257 e. The fraction of sp³-hybridized carbons (Fsp3) is 0.500. The van der Waals surface area contributed by atoms with Crippen LogP contribution < -0.4 is 4.90 Å². The summed E-state index contributed by atoms with van der Waals surface area (Å²) < 4.78 is 1.04. The molecule has 0 radical (unpaired) electrons. The monoisotopic (exact) mass is 574 g/mol. The average molecular weight is 574 g/mol.